The Labute approximate surface area is 234 Å². The van der Waals surface area contributed by atoms with E-state index < -0.39 is 0 Å². The van der Waals surface area contributed by atoms with Crippen LogP contribution in [0.1, 0.15) is 5.56 Å². The summed E-state index contributed by atoms with van der Waals surface area (Å²) in [5.74, 6) is 0. The molecule has 4 heteroatoms. The molecule has 9 rings (SSSR count). The lowest BCUT2D eigenvalue weighted by Gasteiger charge is -2.13. The molecule has 0 saturated heterocycles. The van der Waals surface area contributed by atoms with E-state index in [1.54, 1.807) is 0 Å². The van der Waals surface area contributed by atoms with E-state index in [4.69, 9.17) is 0 Å². The van der Waals surface area contributed by atoms with Gasteiger partial charge in [-0.1, -0.05) is 72.8 Å². The monoisotopic (exact) mass is 522 g/mol. The van der Waals surface area contributed by atoms with Crippen LogP contribution in [0, 0.1) is 11.3 Å². The Morgan fingerprint density at radius 1 is 0.415 bits per heavy atom. The summed E-state index contributed by atoms with van der Waals surface area (Å²) in [6, 6.07) is 49.5. The molecule has 190 valence electrons. The number of benzene rings is 6. The molecule has 0 unspecified atom stereocenters. The number of hydrogen-bond donors (Lipinski definition) is 0. The second kappa shape index (κ2) is 8.11. The molecule has 0 atom stereocenters. The normalized spacial score (nSPS) is 11.9. The van der Waals surface area contributed by atoms with Crippen molar-refractivity contribution in [1.29, 1.82) is 5.26 Å². The topological polar surface area (TPSA) is 37.5 Å². The molecule has 0 radical (unpaired) electrons. The fraction of sp³-hybridized carbons (Fsp3) is 0. The van der Waals surface area contributed by atoms with Gasteiger partial charge in [0, 0.05) is 27.2 Å². The van der Waals surface area contributed by atoms with Gasteiger partial charge in [0.1, 0.15) is 0 Å². The van der Waals surface area contributed by atoms with Crippen LogP contribution in [0.2, 0.25) is 0 Å². The predicted octanol–water partition coefficient (Wildman–Crippen LogP) is 9.18. The minimum atomic E-state index is 0.659. The highest BCUT2D eigenvalue weighted by molar-refractivity contribution is 6.19. The van der Waals surface area contributed by atoms with Gasteiger partial charge in [0.15, 0.2) is 0 Å². The summed E-state index contributed by atoms with van der Waals surface area (Å²) in [5, 5.41) is 14.4. The summed E-state index contributed by atoms with van der Waals surface area (Å²) in [5.41, 5.74) is 10.7. The molecule has 0 bridgehead atoms. The molecule has 41 heavy (non-hydrogen) atoms. The van der Waals surface area contributed by atoms with E-state index in [0.29, 0.717) is 5.56 Å². The largest absolute Gasteiger partial charge is 0.306 e. The zero-order chi connectivity index (χ0) is 27.1. The van der Waals surface area contributed by atoms with Crippen LogP contribution in [0.25, 0.3) is 71.4 Å². The van der Waals surface area contributed by atoms with E-state index in [1.807, 2.05) is 12.1 Å². The molecular weight excluding hydrogens is 500 g/mol. The first-order valence-corrected chi connectivity index (χ1v) is 13.8. The lowest BCUT2D eigenvalue weighted by molar-refractivity contribution is 1.16. The predicted molar refractivity (Wildman–Crippen MR) is 169 cm³/mol. The average molecular weight is 523 g/mol. The van der Waals surface area contributed by atoms with Crippen LogP contribution < -0.4 is 0 Å². The van der Waals surface area contributed by atoms with Gasteiger partial charge in [0.25, 0.3) is 0 Å². The Morgan fingerprint density at radius 2 is 0.976 bits per heavy atom. The van der Waals surface area contributed by atoms with Gasteiger partial charge >= 0.3 is 0 Å². The highest BCUT2D eigenvalue weighted by Crippen LogP contribution is 2.39. The fourth-order valence-corrected chi connectivity index (χ4v) is 6.81. The summed E-state index contributed by atoms with van der Waals surface area (Å²) >= 11 is 0. The maximum atomic E-state index is 9.79. The lowest BCUT2D eigenvalue weighted by Crippen LogP contribution is -1.99. The third-order valence-corrected chi connectivity index (χ3v) is 8.43. The molecule has 0 fully saturated rings. The highest BCUT2D eigenvalue weighted by atomic mass is 15.0. The number of hydrogen-bond acceptors (Lipinski definition) is 1. The van der Waals surface area contributed by atoms with Crippen LogP contribution in [0.15, 0.2) is 133 Å². The second-order valence-electron chi connectivity index (χ2n) is 10.5. The van der Waals surface area contributed by atoms with E-state index >= 15 is 0 Å². The van der Waals surface area contributed by atoms with Gasteiger partial charge in [-0.3, -0.25) is 0 Å². The third kappa shape index (κ3) is 2.87. The second-order valence-corrected chi connectivity index (χ2v) is 10.5. The zero-order valence-corrected chi connectivity index (χ0v) is 22.0. The van der Waals surface area contributed by atoms with Crippen molar-refractivity contribution in [3.63, 3.8) is 0 Å². The summed E-state index contributed by atoms with van der Waals surface area (Å²) < 4.78 is 7.21. The number of rotatable bonds is 1. The molecule has 0 N–H and O–H groups in total. The lowest BCUT2D eigenvalue weighted by atomic mass is 10.1. The number of aromatic nitrogens is 3. The summed E-state index contributed by atoms with van der Waals surface area (Å²) in [6.07, 6.45) is 0. The van der Waals surface area contributed by atoms with Crippen molar-refractivity contribution in [2.24, 2.45) is 0 Å². The van der Waals surface area contributed by atoms with Gasteiger partial charge in [-0.2, -0.15) is 5.26 Å². The van der Waals surface area contributed by atoms with Gasteiger partial charge < -0.3 is 13.4 Å². The Balaban J connectivity index is 1.77. The quantitative estimate of drug-likeness (QED) is 0.212. The average Bonchev–Trinajstić information content (AvgIpc) is 3.56. The minimum absolute atomic E-state index is 0.659. The van der Waals surface area contributed by atoms with Crippen LogP contribution in [0.5, 0.6) is 0 Å². The Bertz CT molecular complexity index is 2590. The van der Waals surface area contributed by atoms with Crippen LogP contribution >= 0.6 is 0 Å². The van der Waals surface area contributed by atoms with Crippen molar-refractivity contribution in [3.05, 3.63) is 139 Å². The third-order valence-electron chi connectivity index (χ3n) is 8.43. The Kier molecular flexibility index (Phi) is 4.37. The van der Waals surface area contributed by atoms with Crippen LogP contribution in [0.3, 0.4) is 0 Å². The van der Waals surface area contributed by atoms with Gasteiger partial charge in [-0.05, 0) is 60.7 Å². The van der Waals surface area contributed by atoms with Gasteiger partial charge in [0.05, 0.1) is 55.8 Å². The van der Waals surface area contributed by atoms with E-state index in [2.05, 4.69) is 141 Å². The van der Waals surface area contributed by atoms with Crippen molar-refractivity contribution in [2.45, 2.75) is 0 Å². The standard InChI is InChI=1S/C37H22N4/c38-23-24-20-21-31-29(22-24)28-14-9-18-34-37(28)41(31)35-19-8-13-27-26-12-4-5-15-30(26)40(36(27)35)33-17-7-6-16-32(33)39(34)25-10-2-1-3-11-25/h1-22H. The van der Waals surface area contributed by atoms with Gasteiger partial charge in [-0.15, -0.1) is 0 Å². The molecule has 4 nitrogen and oxygen atoms in total. The fourth-order valence-electron chi connectivity index (χ4n) is 6.81. The molecular formula is C37H22N4. The van der Waals surface area contributed by atoms with Crippen LogP contribution in [-0.4, -0.2) is 13.4 Å². The molecule has 6 aromatic carbocycles. The zero-order valence-electron chi connectivity index (χ0n) is 22.0. The summed E-state index contributed by atoms with van der Waals surface area (Å²) in [4.78, 5) is 0. The van der Waals surface area contributed by atoms with Crippen LogP contribution in [-0.2, 0) is 0 Å². The smallest absolute Gasteiger partial charge is 0.0991 e. The molecule has 9 aromatic rings. The molecule has 0 amide bonds. The summed E-state index contributed by atoms with van der Waals surface area (Å²) in [7, 11) is 0. The molecule has 3 aromatic heterocycles. The van der Waals surface area contributed by atoms with Crippen LogP contribution in [0.4, 0.5) is 0 Å². The number of nitriles is 1. The summed E-state index contributed by atoms with van der Waals surface area (Å²) in [6.45, 7) is 0. The number of nitrogens with zero attached hydrogens (tertiary/aromatic N) is 4. The molecule has 0 saturated carbocycles. The molecule has 3 heterocycles. The van der Waals surface area contributed by atoms with Crippen molar-refractivity contribution in [3.8, 4) is 11.8 Å². The Morgan fingerprint density at radius 3 is 1.78 bits per heavy atom. The van der Waals surface area contributed by atoms with Gasteiger partial charge in [-0.25, -0.2) is 0 Å². The van der Waals surface area contributed by atoms with Gasteiger partial charge in [0.2, 0.25) is 0 Å². The Hall–Kier alpha value is -5.79. The van der Waals surface area contributed by atoms with E-state index in [-0.39, 0.29) is 0 Å². The first-order chi connectivity index (χ1) is 20.3. The van der Waals surface area contributed by atoms with Crippen molar-refractivity contribution in [1.82, 2.24) is 13.4 Å². The molecule has 0 aliphatic rings. The molecule has 0 spiro atoms. The first-order valence-electron chi connectivity index (χ1n) is 13.8. The van der Waals surface area contributed by atoms with E-state index in [9.17, 15) is 5.26 Å². The van der Waals surface area contributed by atoms with Crippen molar-refractivity contribution in [2.75, 3.05) is 0 Å². The SMILES string of the molecule is N#Cc1ccc2c(c1)c1cccc3c1n2c1cccc2c4ccccc4n(c4ccccc4n3-c3ccccc3)c21. The molecule has 0 aliphatic heterocycles. The van der Waals surface area contributed by atoms with Crippen molar-refractivity contribution < 1.29 is 0 Å². The maximum Gasteiger partial charge on any atom is 0.0991 e. The first kappa shape index (κ1) is 22.1. The minimum Gasteiger partial charge on any atom is -0.306 e. The maximum absolute atomic E-state index is 9.79. The molecule has 0 aliphatic carbocycles. The van der Waals surface area contributed by atoms with Crippen molar-refractivity contribution >= 4 is 65.7 Å². The van der Waals surface area contributed by atoms with E-state index in [0.717, 1.165) is 55.1 Å². The highest BCUT2D eigenvalue weighted by Gasteiger charge is 2.19. The number of para-hydroxylation sites is 6. The number of fused-ring (bicyclic) bond motifs is 9. The van der Waals surface area contributed by atoms with E-state index in [1.165, 1.54) is 16.3 Å².